The zero-order valence-electron chi connectivity index (χ0n) is 17.7. The Morgan fingerprint density at radius 2 is 1.87 bits per heavy atom. The molecule has 10 nitrogen and oxygen atoms in total. The molecule has 0 aromatic heterocycles. The second-order valence-electron chi connectivity index (χ2n) is 8.44. The van der Waals surface area contributed by atoms with Gasteiger partial charge in [-0.3, -0.25) is 24.1 Å². The van der Waals surface area contributed by atoms with Gasteiger partial charge in [0.25, 0.3) is 5.91 Å². The second-order valence-corrected chi connectivity index (χ2v) is 8.44. The van der Waals surface area contributed by atoms with Crippen LogP contribution in [0.4, 0.5) is 4.79 Å². The van der Waals surface area contributed by atoms with Gasteiger partial charge in [0, 0.05) is 18.2 Å². The highest BCUT2D eigenvalue weighted by molar-refractivity contribution is 6.09. The highest BCUT2D eigenvalue weighted by Gasteiger charge is 2.49. The summed E-state index contributed by atoms with van der Waals surface area (Å²) >= 11 is 0. The van der Waals surface area contributed by atoms with Gasteiger partial charge in [-0.2, -0.15) is 0 Å². The lowest BCUT2D eigenvalue weighted by Gasteiger charge is -2.25. The monoisotopic (exact) mass is 417 g/mol. The van der Waals surface area contributed by atoms with Crippen molar-refractivity contribution in [3.05, 3.63) is 35.4 Å². The molecule has 162 valence electrons. The first kappa shape index (κ1) is 22.9. The van der Waals surface area contributed by atoms with Gasteiger partial charge < -0.3 is 21.3 Å². The van der Waals surface area contributed by atoms with Gasteiger partial charge in [0.15, 0.2) is 0 Å². The highest BCUT2D eigenvalue weighted by Crippen LogP contribution is 2.29. The summed E-state index contributed by atoms with van der Waals surface area (Å²) in [6, 6.07) is 5.31. The van der Waals surface area contributed by atoms with E-state index < -0.39 is 41.4 Å². The Hall–Kier alpha value is -3.43. The Morgan fingerprint density at radius 1 is 1.23 bits per heavy atom. The standard InChI is InChI=1S/C20H27N5O5/c1-19(2,3)22-14(26)10-24(5)15(27)11-25-17(29)20(4,23-18(25)30)13-8-6-7-12(9-13)16(21)28/h6-9H,10-11H2,1-5H3,(H2,21,28)(H,22,26)(H,23,30). The van der Waals surface area contributed by atoms with Gasteiger partial charge in [0.1, 0.15) is 12.1 Å². The van der Waals surface area contributed by atoms with E-state index in [-0.39, 0.29) is 18.0 Å². The average Bonchev–Trinajstić information content (AvgIpc) is 2.84. The van der Waals surface area contributed by atoms with Gasteiger partial charge in [-0.25, -0.2) is 4.79 Å². The molecule has 0 saturated carbocycles. The molecule has 1 unspecified atom stereocenters. The summed E-state index contributed by atoms with van der Waals surface area (Å²) in [7, 11) is 1.42. The van der Waals surface area contributed by atoms with Crippen molar-refractivity contribution in [1.82, 2.24) is 20.4 Å². The molecule has 2 rings (SSSR count). The molecule has 0 bridgehead atoms. The van der Waals surface area contributed by atoms with E-state index in [0.717, 1.165) is 9.80 Å². The Bertz CT molecular complexity index is 907. The number of imide groups is 1. The molecule has 1 aromatic carbocycles. The van der Waals surface area contributed by atoms with Gasteiger partial charge in [-0.1, -0.05) is 12.1 Å². The van der Waals surface area contributed by atoms with Gasteiger partial charge in [-0.05, 0) is 45.4 Å². The minimum absolute atomic E-state index is 0.190. The summed E-state index contributed by atoms with van der Waals surface area (Å²) < 4.78 is 0. The number of urea groups is 1. The largest absolute Gasteiger partial charge is 0.366 e. The molecule has 4 N–H and O–H groups in total. The third-order valence-electron chi connectivity index (χ3n) is 4.61. The van der Waals surface area contributed by atoms with Crippen molar-refractivity contribution in [2.45, 2.75) is 38.8 Å². The van der Waals surface area contributed by atoms with E-state index in [1.807, 2.05) is 20.8 Å². The quantitative estimate of drug-likeness (QED) is 0.555. The van der Waals surface area contributed by atoms with E-state index in [1.54, 1.807) is 12.1 Å². The fourth-order valence-corrected chi connectivity index (χ4v) is 3.04. The fourth-order valence-electron chi connectivity index (χ4n) is 3.04. The summed E-state index contributed by atoms with van der Waals surface area (Å²) in [5.41, 5.74) is 3.94. The van der Waals surface area contributed by atoms with Crippen LogP contribution in [0.2, 0.25) is 0 Å². The highest BCUT2D eigenvalue weighted by atomic mass is 16.2. The number of likely N-dealkylation sites (N-methyl/N-ethyl adjacent to an activating group) is 1. The Kier molecular flexibility index (Phi) is 6.19. The molecule has 1 heterocycles. The smallest absolute Gasteiger partial charge is 0.325 e. The summed E-state index contributed by atoms with van der Waals surface area (Å²) in [6.07, 6.45) is 0. The second kappa shape index (κ2) is 8.13. The molecule has 1 aromatic rings. The molecular formula is C20H27N5O5. The number of hydrogen-bond donors (Lipinski definition) is 3. The summed E-state index contributed by atoms with van der Waals surface area (Å²) in [5.74, 6) is -2.24. The minimum Gasteiger partial charge on any atom is -0.366 e. The first-order chi connectivity index (χ1) is 13.7. The van der Waals surface area contributed by atoms with Crippen molar-refractivity contribution in [3.8, 4) is 0 Å². The molecule has 0 radical (unpaired) electrons. The predicted molar refractivity (Wildman–Crippen MR) is 108 cm³/mol. The van der Waals surface area contributed by atoms with Crippen LogP contribution in [0.25, 0.3) is 0 Å². The fraction of sp³-hybridized carbons (Fsp3) is 0.450. The van der Waals surface area contributed by atoms with E-state index in [2.05, 4.69) is 10.6 Å². The van der Waals surface area contributed by atoms with Crippen LogP contribution in [0.5, 0.6) is 0 Å². The Morgan fingerprint density at radius 3 is 2.43 bits per heavy atom. The van der Waals surface area contributed by atoms with Gasteiger partial charge >= 0.3 is 6.03 Å². The summed E-state index contributed by atoms with van der Waals surface area (Å²) in [4.78, 5) is 63.2. The lowest BCUT2D eigenvalue weighted by molar-refractivity contribution is -0.139. The number of amides is 6. The third kappa shape index (κ3) is 4.94. The van der Waals surface area contributed by atoms with Crippen molar-refractivity contribution in [1.29, 1.82) is 0 Å². The molecule has 6 amide bonds. The predicted octanol–water partition coefficient (Wildman–Crippen LogP) is -0.0744. The number of nitrogens with one attached hydrogen (secondary N) is 2. The zero-order chi connectivity index (χ0) is 22.9. The van der Waals surface area contributed by atoms with Crippen molar-refractivity contribution in [2.24, 2.45) is 5.73 Å². The number of rotatable bonds is 6. The van der Waals surface area contributed by atoms with E-state index in [1.165, 1.54) is 26.1 Å². The van der Waals surface area contributed by atoms with E-state index in [9.17, 15) is 24.0 Å². The molecular weight excluding hydrogens is 390 g/mol. The van der Waals surface area contributed by atoms with E-state index in [0.29, 0.717) is 5.56 Å². The molecule has 1 saturated heterocycles. The molecule has 30 heavy (non-hydrogen) atoms. The number of primary amides is 1. The van der Waals surface area contributed by atoms with Crippen LogP contribution < -0.4 is 16.4 Å². The van der Waals surface area contributed by atoms with Gasteiger partial charge in [0.05, 0.1) is 6.54 Å². The maximum Gasteiger partial charge on any atom is 0.325 e. The number of nitrogens with two attached hydrogens (primary N) is 1. The van der Waals surface area contributed by atoms with Crippen LogP contribution in [-0.4, -0.2) is 65.1 Å². The SMILES string of the molecule is CN(CC(=O)NC(C)(C)C)C(=O)CN1C(=O)NC(C)(c2cccc(C(N)=O)c2)C1=O. The van der Waals surface area contributed by atoms with Crippen LogP contribution in [0.1, 0.15) is 43.6 Å². The number of nitrogens with zero attached hydrogens (tertiary/aromatic N) is 2. The van der Waals surface area contributed by atoms with Crippen LogP contribution in [-0.2, 0) is 19.9 Å². The Labute approximate surface area is 174 Å². The van der Waals surface area contributed by atoms with Crippen molar-refractivity contribution >= 4 is 29.7 Å². The van der Waals surface area contributed by atoms with Crippen LogP contribution >= 0.6 is 0 Å². The van der Waals surface area contributed by atoms with Crippen molar-refractivity contribution < 1.29 is 24.0 Å². The first-order valence-electron chi connectivity index (χ1n) is 9.34. The maximum atomic E-state index is 13.0. The topological polar surface area (TPSA) is 142 Å². The van der Waals surface area contributed by atoms with E-state index in [4.69, 9.17) is 5.73 Å². The van der Waals surface area contributed by atoms with Gasteiger partial charge in [-0.15, -0.1) is 0 Å². The summed E-state index contributed by atoms with van der Waals surface area (Å²) in [5, 5.41) is 5.30. The van der Waals surface area contributed by atoms with Crippen molar-refractivity contribution in [3.63, 3.8) is 0 Å². The van der Waals surface area contributed by atoms with Gasteiger partial charge in [0.2, 0.25) is 17.7 Å². The number of carbonyl (C=O) groups excluding carboxylic acids is 5. The third-order valence-corrected chi connectivity index (χ3v) is 4.61. The van der Waals surface area contributed by atoms with Crippen molar-refractivity contribution in [2.75, 3.05) is 20.1 Å². The van der Waals surface area contributed by atoms with E-state index >= 15 is 0 Å². The molecule has 0 aliphatic carbocycles. The Balaban J connectivity index is 2.13. The number of benzene rings is 1. The molecule has 1 aliphatic heterocycles. The minimum atomic E-state index is -1.45. The summed E-state index contributed by atoms with van der Waals surface area (Å²) in [6.45, 7) is 6.20. The molecule has 0 spiro atoms. The average molecular weight is 417 g/mol. The first-order valence-corrected chi connectivity index (χ1v) is 9.34. The molecule has 1 atom stereocenters. The maximum absolute atomic E-state index is 13.0. The molecule has 1 aliphatic rings. The number of hydrogen-bond acceptors (Lipinski definition) is 5. The molecule has 1 fully saturated rings. The lowest BCUT2D eigenvalue weighted by Crippen LogP contribution is -2.48. The molecule has 10 heteroatoms. The van der Waals surface area contributed by atoms with Crippen LogP contribution in [0.3, 0.4) is 0 Å². The van der Waals surface area contributed by atoms with Crippen LogP contribution in [0.15, 0.2) is 24.3 Å². The number of carbonyl (C=O) groups is 5. The normalized spacial score (nSPS) is 18.8. The lowest BCUT2D eigenvalue weighted by atomic mass is 9.90. The zero-order valence-corrected chi connectivity index (χ0v) is 17.7. The van der Waals surface area contributed by atoms with Crippen LogP contribution in [0, 0.1) is 0 Å².